The third kappa shape index (κ3) is 3.54. The Hall–Kier alpha value is -2.43. The molecule has 1 aromatic carbocycles. The molecular weight excluding hydrogens is 254 g/mol. The van der Waals surface area contributed by atoms with E-state index in [9.17, 15) is 4.79 Å². The van der Waals surface area contributed by atoms with Crippen LogP contribution >= 0.6 is 0 Å². The van der Waals surface area contributed by atoms with Crippen molar-refractivity contribution in [3.63, 3.8) is 0 Å². The van der Waals surface area contributed by atoms with Gasteiger partial charge in [0.25, 0.3) is 0 Å². The second-order valence-corrected chi connectivity index (χ2v) is 4.49. The Morgan fingerprint density at radius 3 is 2.55 bits per heavy atom. The van der Waals surface area contributed by atoms with Gasteiger partial charge in [-0.25, -0.2) is 4.79 Å². The lowest BCUT2D eigenvalue weighted by molar-refractivity contribution is 0.0593. The minimum absolute atomic E-state index is 0.203. The Morgan fingerprint density at radius 1 is 1.20 bits per heavy atom. The molecule has 0 saturated carbocycles. The van der Waals surface area contributed by atoms with Gasteiger partial charge >= 0.3 is 5.97 Å². The van der Waals surface area contributed by atoms with Crippen molar-refractivity contribution in [3.05, 3.63) is 53.7 Å². The number of carbonyl (C=O) groups is 1. The van der Waals surface area contributed by atoms with Gasteiger partial charge in [0.1, 0.15) is 5.82 Å². The predicted molar refractivity (Wildman–Crippen MR) is 76.7 cm³/mol. The van der Waals surface area contributed by atoms with Gasteiger partial charge in [-0.15, -0.1) is 10.2 Å². The van der Waals surface area contributed by atoms with Gasteiger partial charge in [0, 0.05) is 6.54 Å². The summed E-state index contributed by atoms with van der Waals surface area (Å²) in [5.74, 6) is 0.514. The number of hydrogen-bond acceptors (Lipinski definition) is 5. The first kappa shape index (κ1) is 14.0. The lowest BCUT2D eigenvalue weighted by Crippen LogP contribution is -2.12. The summed E-state index contributed by atoms with van der Waals surface area (Å²) in [5.41, 5.74) is 1.47. The number of nitrogens with one attached hydrogen (secondary N) is 1. The molecule has 0 fully saturated rings. The largest absolute Gasteiger partial charge is 0.464 e. The number of hydrogen-bond donors (Lipinski definition) is 1. The molecule has 104 valence electrons. The summed E-state index contributed by atoms with van der Waals surface area (Å²) >= 11 is 0. The van der Waals surface area contributed by atoms with Crippen LogP contribution < -0.4 is 5.32 Å². The van der Waals surface area contributed by atoms with Crippen molar-refractivity contribution in [2.24, 2.45) is 0 Å². The van der Waals surface area contributed by atoms with E-state index in [1.165, 1.54) is 12.7 Å². The summed E-state index contributed by atoms with van der Waals surface area (Å²) in [7, 11) is 1.32. The summed E-state index contributed by atoms with van der Waals surface area (Å²) in [5, 5.41) is 11.0. The summed E-state index contributed by atoms with van der Waals surface area (Å²) in [6, 6.07) is 13.6. The molecule has 2 rings (SSSR count). The van der Waals surface area contributed by atoms with E-state index in [2.05, 4.69) is 39.3 Å². The van der Waals surface area contributed by atoms with E-state index in [1.54, 1.807) is 12.1 Å². The number of rotatable bonds is 5. The average Bonchev–Trinajstić information content (AvgIpc) is 2.53. The smallest absolute Gasteiger partial charge is 0.358 e. The van der Waals surface area contributed by atoms with E-state index in [0.29, 0.717) is 11.7 Å². The van der Waals surface area contributed by atoms with Crippen molar-refractivity contribution in [1.82, 2.24) is 10.2 Å². The first-order valence-corrected chi connectivity index (χ1v) is 6.41. The molecule has 5 heteroatoms. The van der Waals surface area contributed by atoms with Gasteiger partial charge in [-0.3, -0.25) is 0 Å². The van der Waals surface area contributed by atoms with Crippen LogP contribution in [0, 0.1) is 0 Å². The maximum absolute atomic E-state index is 11.2. The van der Waals surface area contributed by atoms with Crippen LogP contribution in [0.1, 0.15) is 28.9 Å². The van der Waals surface area contributed by atoms with Crippen molar-refractivity contribution >= 4 is 11.8 Å². The lowest BCUT2D eigenvalue weighted by atomic mass is 10.0. The molecule has 1 aromatic heterocycles. The molecule has 0 amide bonds. The van der Waals surface area contributed by atoms with Crippen molar-refractivity contribution in [2.75, 3.05) is 19.0 Å². The molecule has 0 saturated heterocycles. The van der Waals surface area contributed by atoms with Gasteiger partial charge in [-0.1, -0.05) is 37.3 Å². The molecule has 1 unspecified atom stereocenters. The maximum atomic E-state index is 11.2. The Kier molecular flexibility index (Phi) is 4.65. The number of methoxy groups -OCH3 is 1. The number of esters is 1. The molecule has 0 aliphatic rings. The zero-order valence-electron chi connectivity index (χ0n) is 11.5. The molecule has 0 aliphatic heterocycles. The van der Waals surface area contributed by atoms with Crippen LogP contribution in [0.5, 0.6) is 0 Å². The van der Waals surface area contributed by atoms with E-state index in [4.69, 9.17) is 0 Å². The molecule has 0 aliphatic carbocycles. The molecule has 0 radical (unpaired) electrons. The quantitative estimate of drug-likeness (QED) is 0.846. The Bertz CT molecular complexity index is 555. The molecule has 1 heterocycles. The van der Waals surface area contributed by atoms with E-state index in [1.807, 2.05) is 18.2 Å². The summed E-state index contributed by atoms with van der Waals surface area (Å²) < 4.78 is 4.57. The molecule has 0 bridgehead atoms. The normalized spacial score (nSPS) is 11.7. The van der Waals surface area contributed by atoms with Crippen LogP contribution in [-0.4, -0.2) is 29.8 Å². The van der Waals surface area contributed by atoms with E-state index in [0.717, 1.165) is 6.54 Å². The Balaban J connectivity index is 1.93. The van der Waals surface area contributed by atoms with Gasteiger partial charge < -0.3 is 10.1 Å². The van der Waals surface area contributed by atoms with Crippen molar-refractivity contribution in [1.29, 1.82) is 0 Å². The molecule has 1 atom stereocenters. The topological polar surface area (TPSA) is 64.1 Å². The highest BCUT2D eigenvalue weighted by molar-refractivity contribution is 5.86. The third-order valence-corrected chi connectivity index (χ3v) is 3.02. The number of anilines is 1. The van der Waals surface area contributed by atoms with Gasteiger partial charge in [-0.2, -0.15) is 0 Å². The van der Waals surface area contributed by atoms with Crippen LogP contribution in [-0.2, 0) is 4.74 Å². The highest BCUT2D eigenvalue weighted by Crippen LogP contribution is 2.15. The lowest BCUT2D eigenvalue weighted by Gasteiger charge is -2.13. The van der Waals surface area contributed by atoms with Crippen molar-refractivity contribution in [2.45, 2.75) is 12.8 Å². The Morgan fingerprint density at radius 2 is 1.95 bits per heavy atom. The molecule has 1 N–H and O–H groups in total. The summed E-state index contributed by atoms with van der Waals surface area (Å²) in [6.45, 7) is 2.88. The van der Waals surface area contributed by atoms with Crippen LogP contribution in [0.25, 0.3) is 0 Å². The first-order chi connectivity index (χ1) is 9.70. The fourth-order valence-electron chi connectivity index (χ4n) is 1.80. The fourth-order valence-corrected chi connectivity index (χ4v) is 1.80. The number of carbonyl (C=O) groups excluding carboxylic acids is 1. The van der Waals surface area contributed by atoms with Crippen LogP contribution in [0.15, 0.2) is 42.5 Å². The minimum Gasteiger partial charge on any atom is -0.464 e. The van der Waals surface area contributed by atoms with Gasteiger partial charge in [-0.05, 0) is 23.6 Å². The van der Waals surface area contributed by atoms with Crippen LogP contribution in [0.3, 0.4) is 0 Å². The molecule has 5 nitrogen and oxygen atoms in total. The minimum atomic E-state index is -0.485. The van der Waals surface area contributed by atoms with E-state index >= 15 is 0 Å². The van der Waals surface area contributed by atoms with Gasteiger partial charge in [0.05, 0.1) is 7.11 Å². The second kappa shape index (κ2) is 6.65. The highest BCUT2D eigenvalue weighted by atomic mass is 16.5. The number of benzene rings is 1. The fraction of sp³-hybridized carbons (Fsp3) is 0.267. The molecule has 20 heavy (non-hydrogen) atoms. The van der Waals surface area contributed by atoms with Gasteiger partial charge in [0.2, 0.25) is 0 Å². The summed E-state index contributed by atoms with van der Waals surface area (Å²) in [4.78, 5) is 11.2. The SMILES string of the molecule is COC(=O)c1ccc(NCC(C)c2ccccc2)nn1. The van der Waals surface area contributed by atoms with Gasteiger partial charge in [0.15, 0.2) is 5.69 Å². The third-order valence-electron chi connectivity index (χ3n) is 3.02. The number of aromatic nitrogens is 2. The Labute approximate surface area is 118 Å². The maximum Gasteiger partial charge on any atom is 0.358 e. The summed E-state index contributed by atoms with van der Waals surface area (Å²) in [6.07, 6.45) is 0. The van der Waals surface area contributed by atoms with Crippen LogP contribution in [0.4, 0.5) is 5.82 Å². The van der Waals surface area contributed by atoms with E-state index < -0.39 is 5.97 Å². The molecule has 2 aromatic rings. The predicted octanol–water partition coefficient (Wildman–Crippen LogP) is 2.48. The zero-order chi connectivity index (χ0) is 14.4. The molecular formula is C15H17N3O2. The van der Waals surface area contributed by atoms with E-state index in [-0.39, 0.29) is 5.69 Å². The monoisotopic (exact) mass is 271 g/mol. The second-order valence-electron chi connectivity index (χ2n) is 4.49. The first-order valence-electron chi connectivity index (χ1n) is 6.41. The standard InChI is InChI=1S/C15H17N3O2/c1-11(12-6-4-3-5-7-12)10-16-14-9-8-13(17-18-14)15(19)20-2/h3-9,11H,10H2,1-2H3,(H,16,18). The number of ether oxygens (including phenoxy) is 1. The average molecular weight is 271 g/mol. The number of nitrogens with zero attached hydrogens (tertiary/aromatic N) is 2. The van der Waals surface area contributed by atoms with Crippen LogP contribution in [0.2, 0.25) is 0 Å². The van der Waals surface area contributed by atoms with Crippen molar-refractivity contribution in [3.8, 4) is 0 Å². The highest BCUT2D eigenvalue weighted by Gasteiger charge is 2.08. The zero-order valence-corrected chi connectivity index (χ0v) is 11.5. The van der Waals surface area contributed by atoms with Crippen molar-refractivity contribution < 1.29 is 9.53 Å². The molecule has 0 spiro atoms.